The van der Waals surface area contributed by atoms with Crippen LogP contribution in [-0.4, -0.2) is 54.3 Å². The van der Waals surface area contributed by atoms with Gasteiger partial charge in [-0.1, -0.05) is 6.07 Å². The van der Waals surface area contributed by atoms with E-state index < -0.39 is 6.10 Å². The summed E-state index contributed by atoms with van der Waals surface area (Å²) in [5.41, 5.74) is 0.580. The molecule has 0 saturated heterocycles. The fraction of sp³-hybridized carbons (Fsp3) is 0.429. The maximum atomic E-state index is 12.0. The van der Waals surface area contributed by atoms with Crippen LogP contribution in [0.1, 0.15) is 5.69 Å². The average Bonchev–Trinajstić information content (AvgIpc) is 3.08. The van der Waals surface area contributed by atoms with Crippen LogP contribution in [0.25, 0.3) is 10.8 Å². The lowest BCUT2D eigenvalue weighted by Crippen LogP contribution is -2.37. The summed E-state index contributed by atoms with van der Waals surface area (Å²) < 4.78 is 10.2. The van der Waals surface area contributed by atoms with E-state index >= 15 is 0 Å². The SMILES string of the molecule is COCC(O)CN(C)C(=O)Cc1coc(-c2cccs2)n1. The van der Waals surface area contributed by atoms with Gasteiger partial charge in [0, 0.05) is 20.7 Å². The number of thiophene rings is 1. The van der Waals surface area contributed by atoms with Crippen molar-refractivity contribution in [3.05, 3.63) is 29.5 Å². The summed E-state index contributed by atoms with van der Waals surface area (Å²) >= 11 is 1.53. The van der Waals surface area contributed by atoms with Crippen molar-refractivity contribution in [3.63, 3.8) is 0 Å². The number of likely N-dealkylation sites (N-methyl/N-ethyl adjacent to an activating group) is 1. The van der Waals surface area contributed by atoms with Gasteiger partial charge in [-0.25, -0.2) is 4.98 Å². The molecular formula is C14H18N2O4S. The molecule has 1 amide bonds. The third-order valence-electron chi connectivity index (χ3n) is 2.89. The molecule has 0 aliphatic carbocycles. The Balaban J connectivity index is 1.90. The first-order valence-electron chi connectivity index (χ1n) is 6.49. The Bertz CT molecular complexity index is 567. The third kappa shape index (κ3) is 4.38. The summed E-state index contributed by atoms with van der Waals surface area (Å²) in [6.45, 7) is 0.423. The zero-order chi connectivity index (χ0) is 15.2. The van der Waals surface area contributed by atoms with E-state index in [0.717, 1.165) is 4.88 Å². The van der Waals surface area contributed by atoms with Gasteiger partial charge in [-0.3, -0.25) is 4.79 Å². The fourth-order valence-corrected chi connectivity index (χ4v) is 2.51. The van der Waals surface area contributed by atoms with Gasteiger partial charge in [-0.05, 0) is 11.4 Å². The Morgan fingerprint density at radius 2 is 2.43 bits per heavy atom. The van der Waals surface area contributed by atoms with Gasteiger partial charge in [0.25, 0.3) is 0 Å². The summed E-state index contributed by atoms with van der Waals surface area (Å²) in [6, 6.07) is 3.83. The minimum absolute atomic E-state index is 0.129. The molecule has 0 radical (unpaired) electrons. The zero-order valence-corrected chi connectivity index (χ0v) is 12.8. The van der Waals surface area contributed by atoms with Crippen LogP contribution < -0.4 is 0 Å². The van der Waals surface area contributed by atoms with E-state index in [1.54, 1.807) is 7.05 Å². The Morgan fingerprint density at radius 1 is 1.62 bits per heavy atom. The summed E-state index contributed by atoms with van der Waals surface area (Å²) in [6.07, 6.45) is 0.945. The smallest absolute Gasteiger partial charge is 0.236 e. The molecule has 0 bridgehead atoms. The standard InChI is InChI=1S/C14H18N2O4S/c1-16(7-11(17)9-19-2)13(18)6-10-8-20-14(15-10)12-4-3-5-21-12/h3-5,8,11,17H,6-7,9H2,1-2H3. The lowest BCUT2D eigenvalue weighted by molar-refractivity contribution is -0.130. The van der Waals surface area contributed by atoms with Gasteiger partial charge in [-0.2, -0.15) is 0 Å². The van der Waals surface area contributed by atoms with Crippen molar-refractivity contribution in [1.82, 2.24) is 9.88 Å². The van der Waals surface area contributed by atoms with Gasteiger partial charge in [0.15, 0.2) is 0 Å². The molecule has 2 rings (SSSR count). The molecule has 1 atom stereocenters. The van der Waals surface area contributed by atoms with Crippen LogP contribution in [-0.2, 0) is 16.0 Å². The van der Waals surface area contributed by atoms with Crippen LogP contribution in [0.4, 0.5) is 0 Å². The molecule has 1 unspecified atom stereocenters. The second-order valence-corrected chi connectivity index (χ2v) is 5.63. The molecule has 1 N–H and O–H groups in total. The monoisotopic (exact) mass is 310 g/mol. The van der Waals surface area contributed by atoms with E-state index in [9.17, 15) is 9.90 Å². The quantitative estimate of drug-likeness (QED) is 0.837. The lowest BCUT2D eigenvalue weighted by atomic mass is 10.3. The summed E-state index contributed by atoms with van der Waals surface area (Å²) in [7, 11) is 3.15. The molecule has 0 saturated carbocycles. The highest BCUT2D eigenvalue weighted by Gasteiger charge is 2.16. The number of rotatable bonds is 7. The largest absolute Gasteiger partial charge is 0.444 e. The molecule has 0 aliphatic heterocycles. The molecule has 0 aliphatic rings. The van der Waals surface area contributed by atoms with Crippen LogP contribution in [0.2, 0.25) is 0 Å². The van der Waals surface area contributed by atoms with E-state index in [1.165, 1.54) is 29.6 Å². The first kappa shape index (κ1) is 15.7. The number of carbonyl (C=O) groups excluding carboxylic acids is 1. The number of nitrogens with zero attached hydrogens (tertiary/aromatic N) is 2. The maximum Gasteiger partial charge on any atom is 0.236 e. The van der Waals surface area contributed by atoms with E-state index in [4.69, 9.17) is 9.15 Å². The van der Waals surface area contributed by atoms with Gasteiger partial charge < -0.3 is 19.2 Å². The topological polar surface area (TPSA) is 75.8 Å². The number of aliphatic hydroxyl groups excluding tert-OH is 1. The Hall–Kier alpha value is -1.70. The van der Waals surface area contributed by atoms with Crippen molar-refractivity contribution >= 4 is 17.2 Å². The summed E-state index contributed by atoms with van der Waals surface area (Å²) in [5.74, 6) is 0.394. The number of amides is 1. The van der Waals surface area contributed by atoms with Gasteiger partial charge >= 0.3 is 0 Å². The number of aliphatic hydroxyl groups is 1. The molecule has 0 aromatic carbocycles. The average molecular weight is 310 g/mol. The summed E-state index contributed by atoms with van der Waals surface area (Å²) in [4.78, 5) is 18.7. The lowest BCUT2D eigenvalue weighted by Gasteiger charge is -2.19. The molecule has 2 aromatic heterocycles. The number of carbonyl (C=O) groups is 1. The van der Waals surface area contributed by atoms with Crippen molar-refractivity contribution in [2.45, 2.75) is 12.5 Å². The number of oxazole rings is 1. The molecular weight excluding hydrogens is 292 g/mol. The van der Waals surface area contributed by atoms with Gasteiger partial charge in [0.05, 0.1) is 29.7 Å². The normalized spacial score (nSPS) is 12.3. The molecule has 6 nitrogen and oxygen atoms in total. The molecule has 2 heterocycles. The first-order valence-corrected chi connectivity index (χ1v) is 7.37. The van der Waals surface area contributed by atoms with Crippen LogP contribution in [0.5, 0.6) is 0 Å². The van der Waals surface area contributed by atoms with Crippen LogP contribution >= 0.6 is 11.3 Å². The van der Waals surface area contributed by atoms with Gasteiger partial charge in [-0.15, -0.1) is 11.3 Å². The first-order chi connectivity index (χ1) is 10.1. The highest BCUT2D eigenvalue weighted by atomic mass is 32.1. The molecule has 7 heteroatoms. The molecule has 21 heavy (non-hydrogen) atoms. The van der Waals surface area contributed by atoms with Crippen LogP contribution in [0, 0.1) is 0 Å². The Kier molecular flexibility index (Phi) is 5.49. The van der Waals surface area contributed by atoms with E-state index in [1.807, 2.05) is 17.5 Å². The van der Waals surface area contributed by atoms with Crippen molar-refractivity contribution in [2.75, 3.05) is 27.3 Å². The second-order valence-electron chi connectivity index (χ2n) is 4.68. The third-order valence-corrected chi connectivity index (χ3v) is 3.74. The molecule has 0 spiro atoms. The predicted molar refractivity (Wildman–Crippen MR) is 79.0 cm³/mol. The van der Waals surface area contributed by atoms with Crippen LogP contribution in [0.3, 0.4) is 0 Å². The number of hydrogen-bond donors (Lipinski definition) is 1. The zero-order valence-electron chi connectivity index (χ0n) is 12.0. The van der Waals surface area contributed by atoms with Crippen molar-refractivity contribution in [1.29, 1.82) is 0 Å². The van der Waals surface area contributed by atoms with E-state index in [-0.39, 0.29) is 25.5 Å². The minimum Gasteiger partial charge on any atom is -0.444 e. The van der Waals surface area contributed by atoms with Crippen molar-refractivity contribution in [2.24, 2.45) is 0 Å². The number of hydrogen-bond acceptors (Lipinski definition) is 6. The number of methoxy groups -OCH3 is 1. The van der Waals surface area contributed by atoms with Crippen LogP contribution in [0.15, 0.2) is 28.2 Å². The van der Waals surface area contributed by atoms with E-state index in [0.29, 0.717) is 11.6 Å². The fourth-order valence-electron chi connectivity index (χ4n) is 1.85. The van der Waals surface area contributed by atoms with E-state index in [2.05, 4.69) is 4.98 Å². The van der Waals surface area contributed by atoms with Gasteiger partial charge in [0.1, 0.15) is 6.26 Å². The number of aromatic nitrogens is 1. The predicted octanol–water partition coefficient (Wildman–Crippen LogP) is 1.41. The maximum absolute atomic E-state index is 12.0. The molecule has 114 valence electrons. The molecule has 2 aromatic rings. The minimum atomic E-state index is -0.692. The molecule has 0 fully saturated rings. The number of ether oxygens (including phenoxy) is 1. The Labute approximate surface area is 127 Å². The highest BCUT2D eigenvalue weighted by Crippen LogP contribution is 2.23. The van der Waals surface area contributed by atoms with Gasteiger partial charge in [0.2, 0.25) is 11.8 Å². The Morgan fingerprint density at radius 3 is 3.10 bits per heavy atom. The van der Waals surface area contributed by atoms with Crippen molar-refractivity contribution in [3.8, 4) is 10.8 Å². The van der Waals surface area contributed by atoms with Crippen molar-refractivity contribution < 1.29 is 19.1 Å². The summed E-state index contributed by atoms with van der Waals surface area (Å²) in [5, 5.41) is 11.6. The highest BCUT2D eigenvalue weighted by molar-refractivity contribution is 7.13. The second kappa shape index (κ2) is 7.35.